The maximum absolute atomic E-state index is 12.4. The van der Waals surface area contributed by atoms with Crippen molar-refractivity contribution in [2.75, 3.05) is 41.8 Å². The summed E-state index contributed by atoms with van der Waals surface area (Å²) < 4.78 is 6.17. The van der Waals surface area contributed by atoms with Gasteiger partial charge in [-0.3, -0.25) is 4.79 Å². The maximum atomic E-state index is 12.4. The molecule has 0 spiro atoms. The van der Waals surface area contributed by atoms with Crippen molar-refractivity contribution in [3.8, 4) is 0 Å². The van der Waals surface area contributed by atoms with Crippen molar-refractivity contribution in [1.29, 1.82) is 0 Å². The van der Waals surface area contributed by atoms with Gasteiger partial charge in [-0.15, -0.1) is 0 Å². The quantitative estimate of drug-likeness (QED) is 0.579. The fourth-order valence-electron chi connectivity index (χ4n) is 3.15. The molecule has 2 heterocycles. The summed E-state index contributed by atoms with van der Waals surface area (Å²) in [5, 5.41) is 6.23. The summed E-state index contributed by atoms with van der Waals surface area (Å²) in [6, 6.07) is 16.8. The number of ether oxygens (including phenoxy) is 1. The van der Waals surface area contributed by atoms with E-state index >= 15 is 0 Å². The zero-order valence-corrected chi connectivity index (χ0v) is 18.1. The van der Waals surface area contributed by atoms with Gasteiger partial charge < -0.3 is 20.3 Å². The van der Waals surface area contributed by atoms with Crippen molar-refractivity contribution >= 4 is 45.0 Å². The van der Waals surface area contributed by atoms with Crippen LogP contribution in [0.25, 0.3) is 0 Å². The number of aromatic nitrogens is 2. The topological polar surface area (TPSA) is 79.4 Å². The van der Waals surface area contributed by atoms with Crippen molar-refractivity contribution in [3.05, 3.63) is 70.3 Å². The van der Waals surface area contributed by atoms with Crippen molar-refractivity contribution in [2.45, 2.75) is 6.92 Å². The summed E-state index contributed by atoms with van der Waals surface area (Å²) in [7, 11) is 0. The summed E-state index contributed by atoms with van der Waals surface area (Å²) in [6.45, 7) is 4.90. The van der Waals surface area contributed by atoms with Crippen LogP contribution in [0.2, 0.25) is 0 Å². The van der Waals surface area contributed by atoms with Gasteiger partial charge in [0.1, 0.15) is 5.82 Å². The predicted molar refractivity (Wildman–Crippen MR) is 122 cm³/mol. The molecule has 0 saturated carbocycles. The standard InChI is InChI=1S/C22H22BrN5O2/c1-15-14-20(27-22(24-15)28-10-12-30-13-11-28)25-16-6-8-17(9-7-16)26-21(29)18-4-2-3-5-19(18)23/h2-9,14H,10-13H2,1H3,(H,26,29)(H,24,25,27). The average molecular weight is 468 g/mol. The number of carbonyl (C=O) groups is 1. The lowest BCUT2D eigenvalue weighted by Gasteiger charge is -2.27. The fourth-order valence-corrected chi connectivity index (χ4v) is 3.62. The smallest absolute Gasteiger partial charge is 0.256 e. The van der Waals surface area contributed by atoms with E-state index in [1.165, 1.54) is 0 Å². The zero-order valence-electron chi connectivity index (χ0n) is 16.6. The van der Waals surface area contributed by atoms with Crippen LogP contribution < -0.4 is 15.5 Å². The maximum Gasteiger partial charge on any atom is 0.256 e. The number of nitrogens with one attached hydrogen (secondary N) is 2. The van der Waals surface area contributed by atoms with Crippen LogP contribution in [0, 0.1) is 6.92 Å². The van der Waals surface area contributed by atoms with E-state index in [2.05, 4.69) is 41.4 Å². The van der Waals surface area contributed by atoms with Crippen molar-refractivity contribution in [3.63, 3.8) is 0 Å². The molecule has 1 fully saturated rings. The third-order valence-corrected chi connectivity index (χ3v) is 5.36. The van der Waals surface area contributed by atoms with Gasteiger partial charge in [-0.1, -0.05) is 12.1 Å². The third kappa shape index (κ3) is 4.95. The fraction of sp³-hybridized carbons (Fsp3) is 0.227. The molecule has 0 radical (unpaired) electrons. The number of hydrogen-bond donors (Lipinski definition) is 2. The minimum Gasteiger partial charge on any atom is -0.378 e. The van der Waals surface area contributed by atoms with Gasteiger partial charge >= 0.3 is 0 Å². The van der Waals surface area contributed by atoms with E-state index in [1.807, 2.05) is 55.5 Å². The zero-order chi connectivity index (χ0) is 20.9. The Morgan fingerprint density at radius 2 is 1.73 bits per heavy atom. The lowest BCUT2D eigenvalue weighted by molar-refractivity contribution is 0.102. The summed E-state index contributed by atoms with van der Waals surface area (Å²) in [5.74, 6) is 1.27. The first-order valence-electron chi connectivity index (χ1n) is 9.70. The molecule has 1 aliphatic heterocycles. The van der Waals surface area contributed by atoms with E-state index in [1.54, 1.807) is 6.07 Å². The van der Waals surface area contributed by atoms with Gasteiger partial charge in [-0.25, -0.2) is 4.98 Å². The van der Waals surface area contributed by atoms with E-state index in [0.717, 1.165) is 34.8 Å². The van der Waals surface area contributed by atoms with Gasteiger partial charge in [0, 0.05) is 40.7 Å². The number of nitrogens with zero attached hydrogens (tertiary/aromatic N) is 3. The molecule has 7 nitrogen and oxygen atoms in total. The van der Waals surface area contributed by atoms with Crippen LogP contribution in [-0.4, -0.2) is 42.2 Å². The molecular formula is C22H22BrN5O2. The van der Waals surface area contributed by atoms with Crippen LogP contribution in [-0.2, 0) is 4.74 Å². The number of anilines is 4. The van der Waals surface area contributed by atoms with Gasteiger partial charge in [0.05, 0.1) is 18.8 Å². The van der Waals surface area contributed by atoms with Crippen LogP contribution in [0.15, 0.2) is 59.1 Å². The molecule has 0 bridgehead atoms. The number of morpholine rings is 1. The van der Waals surface area contributed by atoms with E-state index in [0.29, 0.717) is 30.4 Å². The third-order valence-electron chi connectivity index (χ3n) is 4.67. The highest BCUT2D eigenvalue weighted by Gasteiger charge is 2.15. The highest BCUT2D eigenvalue weighted by atomic mass is 79.9. The van der Waals surface area contributed by atoms with Gasteiger partial charge in [0.2, 0.25) is 5.95 Å². The summed E-state index contributed by atoms with van der Waals surface area (Å²) >= 11 is 3.41. The second kappa shape index (κ2) is 9.23. The monoisotopic (exact) mass is 467 g/mol. The van der Waals surface area contributed by atoms with E-state index < -0.39 is 0 Å². The Balaban J connectivity index is 1.44. The highest BCUT2D eigenvalue weighted by Crippen LogP contribution is 2.22. The largest absolute Gasteiger partial charge is 0.378 e. The first-order chi connectivity index (χ1) is 14.6. The molecule has 1 aromatic heterocycles. The lowest BCUT2D eigenvalue weighted by Crippen LogP contribution is -2.37. The Labute approximate surface area is 183 Å². The molecule has 0 aliphatic carbocycles. The Morgan fingerprint density at radius 3 is 2.47 bits per heavy atom. The Kier molecular flexibility index (Phi) is 6.25. The van der Waals surface area contributed by atoms with Crippen LogP contribution in [0.1, 0.15) is 16.1 Å². The minimum atomic E-state index is -0.162. The van der Waals surface area contributed by atoms with Crippen LogP contribution in [0.3, 0.4) is 0 Å². The second-order valence-electron chi connectivity index (χ2n) is 6.93. The SMILES string of the molecule is Cc1cc(Nc2ccc(NC(=O)c3ccccc3Br)cc2)nc(N2CCOCC2)n1. The predicted octanol–water partition coefficient (Wildman–Crippen LogP) is 4.38. The Hall–Kier alpha value is -2.97. The number of hydrogen-bond acceptors (Lipinski definition) is 6. The van der Waals surface area contributed by atoms with Gasteiger partial charge in [0.25, 0.3) is 5.91 Å². The van der Waals surface area contributed by atoms with Crippen LogP contribution >= 0.6 is 15.9 Å². The average Bonchev–Trinajstić information content (AvgIpc) is 2.75. The molecule has 2 N–H and O–H groups in total. The summed E-state index contributed by atoms with van der Waals surface area (Å²) in [6.07, 6.45) is 0. The molecule has 0 unspecified atom stereocenters. The highest BCUT2D eigenvalue weighted by molar-refractivity contribution is 9.10. The summed E-state index contributed by atoms with van der Waals surface area (Å²) in [5.41, 5.74) is 3.08. The Morgan fingerprint density at radius 1 is 1.03 bits per heavy atom. The van der Waals surface area contributed by atoms with Crippen molar-refractivity contribution in [2.24, 2.45) is 0 Å². The molecule has 1 saturated heterocycles. The molecule has 154 valence electrons. The first kappa shape index (κ1) is 20.3. The van der Waals surface area contributed by atoms with E-state index in [-0.39, 0.29) is 5.91 Å². The van der Waals surface area contributed by atoms with Gasteiger partial charge in [-0.2, -0.15) is 4.98 Å². The molecule has 0 atom stereocenters. The molecule has 2 aromatic carbocycles. The second-order valence-corrected chi connectivity index (χ2v) is 7.78. The molecule has 1 amide bonds. The number of carbonyl (C=O) groups excluding carboxylic acids is 1. The molecule has 8 heteroatoms. The normalized spacial score (nSPS) is 13.7. The van der Waals surface area contributed by atoms with Crippen LogP contribution in [0.4, 0.5) is 23.1 Å². The number of benzene rings is 2. The molecular weight excluding hydrogens is 446 g/mol. The van der Waals surface area contributed by atoms with E-state index in [9.17, 15) is 4.79 Å². The molecule has 4 rings (SSSR count). The van der Waals surface area contributed by atoms with Crippen LogP contribution in [0.5, 0.6) is 0 Å². The number of halogens is 1. The van der Waals surface area contributed by atoms with E-state index in [4.69, 9.17) is 4.74 Å². The minimum absolute atomic E-state index is 0.162. The molecule has 1 aliphatic rings. The van der Waals surface area contributed by atoms with Gasteiger partial charge in [0.15, 0.2) is 0 Å². The number of aryl methyl sites for hydroxylation is 1. The molecule has 30 heavy (non-hydrogen) atoms. The number of amides is 1. The van der Waals surface area contributed by atoms with Gasteiger partial charge in [-0.05, 0) is 59.3 Å². The number of rotatable bonds is 5. The van der Waals surface area contributed by atoms with Crippen molar-refractivity contribution < 1.29 is 9.53 Å². The lowest BCUT2D eigenvalue weighted by atomic mass is 10.2. The Bertz CT molecular complexity index is 1040. The summed E-state index contributed by atoms with van der Waals surface area (Å²) in [4.78, 5) is 23.8. The van der Waals surface area contributed by atoms with Crippen molar-refractivity contribution in [1.82, 2.24) is 9.97 Å². The molecule has 3 aromatic rings. The first-order valence-corrected chi connectivity index (χ1v) is 10.5.